The molecule has 8 nitrogen and oxygen atoms in total. The van der Waals surface area contributed by atoms with Crippen LogP contribution in [0.1, 0.15) is 30.8 Å². The lowest BCUT2D eigenvalue weighted by Gasteiger charge is -2.11. The van der Waals surface area contributed by atoms with Crippen molar-refractivity contribution in [1.82, 2.24) is 29.8 Å². The first-order valence-corrected chi connectivity index (χ1v) is 9.89. The molecular weight excluding hydrogens is 366 g/mol. The molecule has 1 aliphatic rings. The van der Waals surface area contributed by atoms with Gasteiger partial charge >= 0.3 is 0 Å². The van der Waals surface area contributed by atoms with E-state index < -0.39 is 0 Å². The van der Waals surface area contributed by atoms with Crippen LogP contribution in [0.5, 0.6) is 0 Å². The van der Waals surface area contributed by atoms with Crippen LogP contribution in [-0.2, 0) is 13.6 Å². The van der Waals surface area contributed by atoms with Gasteiger partial charge < -0.3 is 10.2 Å². The second-order valence-corrected chi connectivity index (χ2v) is 8.06. The number of carbonyl (C=O) groups is 1. The van der Waals surface area contributed by atoms with Crippen molar-refractivity contribution in [2.45, 2.75) is 32.9 Å². The minimum Gasteiger partial charge on any atom is -0.346 e. The molecule has 0 spiro atoms. The second-order valence-electron chi connectivity index (χ2n) is 8.06. The number of likely N-dealkylation sites (tertiary alicyclic amines) is 1. The van der Waals surface area contributed by atoms with E-state index in [1.807, 2.05) is 36.3 Å². The van der Waals surface area contributed by atoms with Gasteiger partial charge in [-0.05, 0) is 30.0 Å². The fourth-order valence-electron chi connectivity index (χ4n) is 3.80. The van der Waals surface area contributed by atoms with Crippen LogP contribution < -0.4 is 5.32 Å². The van der Waals surface area contributed by atoms with Crippen LogP contribution in [0, 0.1) is 17.4 Å². The van der Waals surface area contributed by atoms with Crippen LogP contribution in [0.4, 0.5) is 0 Å². The van der Waals surface area contributed by atoms with Crippen molar-refractivity contribution in [1.29, 1.82) is 5.26 Å². The zero-order valence-corrected chi connectivity index (χ0v) is 17.0. The molecule has 1 atom stereocenters. The van der Waals surface area contributed by atoms with Crippen molar-refractivity contribution < 1.29 is 4.79 Å². The molecular formula is C21H25N7O. The van der Waals surface area contributed by atoms with Gasteiger partial charge in [-0.3, -0.25) is 14.2 Å². The smallest absolute Gasteiger partial charge is 0.272 e. The maximum atomic E-state index is 13.0. The normalized spacial score (nSPS) is 16.5. The molecule has 1 aliphatic heterocycles. The summed E-state index contributed by atoms with van der Waals surface area (Å²) >= 11 is 0. The molecule has 1 aromatic carbocycles. The average Bonchev–Trinajstić information content (AvgIpc) is 3.40. The van der Waals surface area contributed by atoms with Crippen molar-refractivity contribution in [3.8, 4) is 17.3 Å². The molecule has 0 bridgehead atoms. The summed E-state index contributed by atoms with van der Waals surface area (Å²) in [6.45, 7) is 6.23. The van der Waals surface area contributed by atoms with E-state index in [2.05, 4.69) is 41.6 Å². The molecule has 0 aliphatic carbocycles. The average molecular weight is 391 g/mol. The topological polar surface area (TPSA) is 91.8 Å². The van der Waals surface area contributed by atoms with Gasteiger partial charge in [0.25, 0.3) is 5.91 Å². The molecule has 0 radical (unpaired) electrons. The number of benzene rings is 1. The van der Waals surface area contributed by atoms with Gasteiger partial charge in [-0.25, -0.2) is 0 Å². The van der Waals surface area contributed by atoms with E-state index in [0.29, 0.717) is 24.7 Å². The van der Waals surface area contributed by atoms with E-state index in [4.69, 9.17) is 5.26 Å². The summed E-state index contributed by atoms with van der Waals surface area (Å²) in [5, 5.41) is 21.8. The van der Waals surface area contributed by atoms with Crippen molar-refractivity contribution in [3.05, 3.63) is 36.3 Å². The summed E-state index contributed by atoms with van der Waals surface area (Å²) in [6, 6.07) is 6.02. The van der Waals surface area contributed by atoms with Crippen LogP contribution in [0.15, 0.2) is 30.6 Å². The number of aromatic nitrogens is 4. The number of aryl methyl sites for hydroxylation is 1. The van der Waals surface area contributed by atoms with Gasteiger partial charge in [0.2, 0.25) is 0 Å². The molecule has 0 saturated carbocycles. The maximum absolute atomic E-state index is 13.0. The predicted molar refractivity (Wildman–Crippen MR) is 110 cm³/mol. The fraction of sp³-hybridized carbons (Fsp3) is 0.429. The SMILES string of the molecule is CC(C)Cn1nc(C(=O)N[C@@H]2CCN(C#N)C2)c2ccc(-c3cnn(C)c3)cc21. The lowest BCUT2D eigenvalue weighted by atomic mass is 10.1. The van der Waals surface area contributed by atoms with E-state index in [-0.39, 0.29) is 11.9 Å². The van der Waals surface area contributed by atoms with E-state index in [9.17, 15) is 4.79 Å². The van der Waals surface area contributed by atoms with Gasteiger partial charge in [-0.2, -0.15) is 15.5 Å². The lowest BCUT2D eigenvalue weighted by Crippen LogP contribution is -2.36. The van der Waals surface area contributed by atoms with E-state index >= 15 is 0 Å². The number of hydrogen-bond acceptors (Lipinski definition) is 5. The molecule has 2 aromatic heterocycles. The predicted octanol–water partition coefficient (Wildman–Crippen LogP) is 2.38. The highest BCUT2D eigenvalue weighted by atomic mass is 16.2. The Labute approximate surface area is 169 Å². The summed E-state index contributed by atoms with van der Waals surface area (Å²) < 4.78 is 3.70. The Bertz CT molecular complexity index is 1090. The molecule has 150 valence electrons. The van der Waals surface area contributed by atoms with Gasteiger partial charge in [0.05, 0.1) is 11.7 Å². The monoisotopic (exact) mass is 391 g/mol. The number of nitrogens with one attached hydrogen (secondary N) is 1. The van der Waals surface area contributed by atoms with Crippen molar-refractivity contribution >= 4 is 16.8 Å². The summed E-state index contributed by atoms with van der Waals surface area (Å²) in [7, 11) is 1.89. The number of carbonyl (C=O) groups excluding carboxylic acids is 1. The first kappa shape index (κ1) is 19.0. The third-order valence-electron chi connectivity index (χ3n) is 5.21. The van der Waals surface area contributed by atoms with Crippen molar-refractivity contribution in [3.63, 3.8) is 0 Å². The van der Waals surface area contributed by atoms with Gasteiger partial charge in [-0.1, -0.05) is 19.9 Å². The fourth-order valence-corrected chi connectivity index (χ4v) is 3.80. The minimum absolute atomic E-state index is 0.0258. The molecule has 1 saturated heterocycles. The van der Waals surface area contributed by atoms with Crippen LogP contribution in [0.2, 0.25) is 0 Å². The second kappa shape index (κ2) is 7.59. The number of nitrogens with zero attached hydrogens (tertiary/aromatic N) is 6. The molecule has 0 unspecified atom stereocenters. The Morgan fingerprint density at radius 2 is 2.21 bits per heavy atom. The van der Waals surface area contributed by atoms with E-state index in [0.717, 1.165) is 35.0 Å². The van der Waals surface area contributed by atoms with Gasteiger partial charge in [0, 0.05) is 49.9 Å². The van der Waals surface area contributed by atoms with Gasteiger partial charge in [0.15, 0.2) is 11.9 Å². The maximum Gasteiger partial charge on any atom is 0.272 e. The van der Waals surface area contributed by atoms with E-state index in [1.165, 1.54) is 0 Å². The number of hydrogen-bond donors (Lipinski definition) is 1. The molecule has 4 rings (SSSR count). The minimum atomic E-state index is -0.184. The quantitative estimate of drug-likeness (QED) is 0.674. The Balaban J connectivity index is 1.68. The molecule has 1 fully saturated rings. The Kier molecular flexibility index (Phi) is 4.97. The van der Waals surface area contributed by atoms with Crippen molar-refractivity contribution in [2.24, 2.45) is 13.0 Å². The molecule has 3 aromatic rings. The summed E-state index contributed by atoms with van der Waals surface area (Å²) in [5.41, 5.74) is 3.45. The highest BCUT2D eigenvalue weighted by Gasteiger charge is 2.26. The number of nitriles is 1. The third-order valence-corrected chi connectivity index (χ3v) is 5.21. The molecule has 1 amide bonds. The largest absolute Gasteiger partial charge is 0.346 e. The van der Waals surface area contributed by atoms with Crippen LogP contribution in [-0.4, -0.2) is 49.5 Å². The summed E-state index contributed by atoms with van der Waals surface area (Å²) in [4.78, 5) is 14.6. The summed E-state index contributed by atoms with van der Waals surface area (Å²) in [5.74, 6) is 0.214. The molecule has 8 heteroatoms. The highest BCUT2D eigenvalue weighted by molar-refractivity contribution is 6.05. The number of amides is 1. The summed E-state index contributed by atoms with van der Waals surface area (Å²) in [6.07, 6.45) is 6.72. The zero-order valence-electron chi connectivity index (χ0n) is 17.0. The Hall–Kier alpha value is -3.34. The van der Waals surface area contributed by atoms with Gasteiger partial charge in [0.1, 0.15) is 0 Å². The first-order chi connectivity index (χ1) is 13.9. The van der Waals surface area contributed by atoms with Gasteiger partial charge in [-0.15, -0.1) is 0 Å². The number of rotatable bonds is 5. The first-order valence-electron chi connectivity index (χ1n) is 9.89. The Morgan fingerprint density at radius 3 is 2.86 bits per heavy atom. The molecule has 3 heterocycles. The highest BCUT2D eigenvalue weighted by Crippen LogP contribution is 2.27. The van der Waals surface area contributed by atoms with Crippen LogP contribution >= 0.6 is 0 Å². The lowest BCUT2D eigenvalue weighted by molar-refractivity contribution is 0.0934. The van der Waals surface area contributed by atoms with Crippen molar-refractivity contribution in [2.75, 3.05) is 13.1 Å². The van der Waals surface area contributed by atoms with Crippen LogP contribution in [0.25, 0.3) is 22.0 Å². The standard InChI is InChI=1S/C21H25N7O/c1-14(2)10-28-19-8-15(16-9-23-26(3)11-16)4-5-18(19)20(25-28)21(29)24-17-6-7-27(12-17)13-22/h4-5,8-9,11,14,17H,6-7,10,12H2,1-3H3,(H,24,29)/t17-/m1/s1. The third kappa shape index (κ3) is 3.81. The zero-order chi connectivity index (χ0) is 20.5. The molecule has 29 heavy (non-hydrogen) atoms. The van der Waals surface area contributed by atoms with E-state index in [1.54, 1.807) is 9.58 Å². The Morgan fingerprint density at radius 1 is 1.38 bits per heavy atom. The molecule has 1 N–H and O–H groups in total. The van der Waals surface area contributed by atoms with Crippen LogP contribution in [0.3, 0.4) is 0 Å². The number of fused-ring (bicyclic) bond motifs is 1.